The van der Waals surface area contributed by atoms with Crippen molar-refractivity contribution in [2.45, 2.75) is 57.0 Å². The molecule has 36 heavy (non-hydrogen) atoms. The normalized spacial score (nSPS) is 21.7. The number of halogens is 1. The maximum atomic E-state index is 10.1. The lowest BCUT2D eigenvalue weighted by atomic mass is 9.94. The zero-order valence-electron chi connectivity index (χ0n) is 20.4. The molecule has 12 heteroatoms. The predicted molar refractivity (Wildman–Crippen MR) is 141 cm³/mol. The SMILES string of the molecule is CC1(O)CN([C@@H]2CCN(c3cc(CN)cc(Nc4nc(NC5CC5)c5ncc(CN)n5n4)c3Cl)C2)C1. The molecular formula is C24H33ClN10O. The van der Waals surface area contributed by atoms with Crippen LogP contribution in [0.4, 0.5) is 23.1 Å². The minimum atomic E-state index is -0.574. The first-order valence-electron chi connectivity index (χ1n) is 12.6. The molecule has 1 saturated carbocycles. The molecule has 2 aromatic heterocycles. The number of nitrogens with one attached hydrogen (secondary N) is 2. The van der Waals surface area contributed by atoms with Gasteiger partial charge in [-0.15, -0.1) is 5.10 Å². The quantitative estimate of drug-likeness (QED) is 0.302. The van der Waals surface area contributed by atoms with Crippen LogP contribution in [0.25, 0.3) is 5.65 Å². The predicted octanol–water partition coefficient (Wildman–Crippen LogP) is 1.66. The van der Waals surface area contributed by atoms with E-state index in [1.807, 2.05) is 13.0 Å². The molecule has 4 heterocycles. The van der Waals surface area contributed by atoms with Gasteiger partial charge in [0.2, 0.25) is 5.95 Å². The zero-order chi connectivity index (χ0) is 25.0. The second-order valence-electron chi connectivity index (χ2n) is 10.5. The minimum Gasteiger partial charge on any atom is -0.388 e. The molecular weight excluding hydrogens is 480 g/mol. The van der Waals surface area contributed by atoms with E-state index in [2.05, 4.69) is 36.6 Å². The summed E-state index contributed by atoms with van der Waals surface area (Å²) in [5, 5.41) is 22.2. The Hall–Kier alpha value is -2.70. The summed E-state index contributed by atoms with van der Waals surface area (Å²) >= 11 is 6.97. The van der Waals surface area contributed by atoms with Crippen molar-refractivity contribution in [3.8, 4) is 0 Å². The van der Waals surface area contributed by atoms with Crippen molar-refractivity contribution in [3.63, 3.8) is 0 Å². The number of hydrogen-bond acceptors (Lipinski definition) is 10. The summed E-state index contributed by atoms with van der Waals surface area (Å²) in [7, 11) is 0. The summed E-state index contributed by atoms with van der Waals surface area (Å²) in [5.41, 5.74) is 15.5. The first kappa shape index (κ1) is 23.7. The van der Waals surface area contributed by atoms with Gasteiger partial charge in [0.1, 0.15) is 0 Å². The van der Waals surface area contributed by atoms with Gasteiger partial charge in [-0.05, 0) is 43.9 Å². The first-order valence-corrected chi connectivity index (χ1v) is 12.9. The Bertz CT molecular complexity index is 1280. The third-order valence-electron chi connectivity index (χ3n) is 7.26. The molecule has 0 bridgehead atoms. The average molecular weight is 513 g/mol. The van der Waals surface area contributed by atoms with Crippen LogP contribution in [-0.2, 0) is 13.1 Å². The van der Waals surface area contributed by atoms with Crippen molar-refractivity contribution >= 4 is 40.4 Å². The third kappa shape index (κ3) is 4.46. The number of hydrogen-bond donors (Lipinski definition) is 5. The van der Waals surface area contributed by atoms with Crippen molar-refractivity contribution in [1.29, 1.82) is 0 Å². The molecule has 7 N–H and O–H groups in total. The summed E-state index contributed by atoms with van der Waals surface area (Å²) in [6.45, 7) is 5.77. The van der Waals surface area contributed by atoms with Gasteiger partial charge >= 0.3 is 0 Å². The summed E-state index contributed by atoms with van der Waals surface area (Å²) in [6, 6.07) is 4.82. The number of nitrogens with two attached hydrogens (primary N) is 2. The van der Waals surface area contributed by atoms with Crippen molar-refractivity contribution in [3.05, 3.63) is 34.6 Å². The van der Waals surface area contributed by atoms with E-state index in [4.69, 9.17) is 28.1 Å². The lowest BCUT2D eigenvalue weighted by molar-refractivity contribution is -0.0984. The molecule has 0 amide bonds. The smallest absolute Gasteiger partial charge is 0.247 e. The van der Waals surface area contributed by atoms with Crippen LogP contribution in [0.5, 0.6) is 0 Å². The topological polar surface area (TPSA) is 146 Å². The largest absolute Gasteiger partial charge is 0.388 e. The second-order valence-corrected chi connectivity index (χ2v) is 10.9. The fraction of sp³-hybridized carbons (Fsp3) is 0.542. The van der Waals surface area contributed by atoms with Crippen molar-refractivity contribution in [2.24, 2.45) is 11.5 Å². The van der Waals surface area contributed by atoms with E-state index in [0.29, 0.717) is 66.4 Å². The monoisotopic (exact) mass is 512 g/mol. The molecule has 3 aliphatic rings. The molecule has 3 fully saturated rings. The van der Waals surface area contributed by atoms with E-state index in [0.717, 1.165) is 49.3 Å². The summed E-state index contributed by atoms with van der Waals surface area (Å²) < 4.78 is 1.73. The number of likely N-dealkylation sites (tertiary alicyclic amines) is 1. The Kier molecular flexibility index (Phi) is 5.92. The van der Waals surface area contributed by atoms with Crippen LogP contribution >= 0.6 is 11.6 Å². The molecule has 1 aliphatic carbocycles. The highest BCUT2D eigenvalue weighted by atomic mass is 35.5. The molecule has 1 aromatic carbocycles. The van der Waals surface area contributed by atoms with Crippen LogP contribution in [0.15, 0.2) is 18.3 Å². The number of β-amino-alcohol motifs (C(OH)–C–C–N with tert-alkyl or cyclic N) is 1. The Morgan fingerprint density at radius 3 is 2.69 bits per heavy atom. The van der Waals surface area contributed by atoms with Gasteiger partial charge in [0, 0.05) is 51.4 Å². The molecule has 11 nitrogen and oxygen atoms in total. The fourth-order valence-corrected chi connectivity index (χ4v) is 5.49. The lowest BCUT2D eigenvalue weighted by Gasteiger charge is -2.47. The van der Waals surface area contributed by atoms with Crippen LogP contribution in [0, 0.1) is 0 Å². The molecule has 192 valence electrons. The second kappa shape index (κ2) is 9.00. The van der Waals surface area contributed by atoms with Crippen molar-refractivity contribution in [2.75, 3.05) is 41.7 Å². The van der Waals surface area contributed by atoms with E-state index < -0.39 is 5.60 Å². The van der Waals surface area contributed by atoms with Crippen LogP contribution in [0.3, 0.4) is 0 Å². The highest BCUT2D eigenvalue weighted by molar-refractivity contribution is 6.36. The number of rotatable bonds is 8. The van der Waals surface area contributed by atoms with Crippen LogP contribution in [0.2, 0.25) is 5.02 Å². The third-order valence-corrected chi connectivity index (χ3v) is 7.66. The van der Waals surface area contributed by atoms with E-state index in [1.54, 1.807) is 10.7 Å². The van der Waals surface area contributed by atoms with Gasteiger partial charge in [-0.3, -0.25) is 4.90 Å². The number of aliphatic hydroxyl groups is 1. The molecule has 0 radical (unpaired) electrons. The van der Waals surface area contributed by atoms with Gasteiger partial charge < -0.3 is 32.1 Å². The summed E-state index contributed by atoms with van der Waals surface area (Å²) in [5.74, 6) is 1.08. The number of nitrogens with zero attached hydrogens (tertiary/aromatic N) is 6. The van der Waals surface area contributed by atoms with E-state index in [1.165, 1.54) is 0 Å². The van der Waals surface area contributed by atoms with Crippen molar-refractivity contribution < 1.29 is 5.11 Å². The van der Waals surface area contributed by atoms with E-state index in [-0.39, 0.29) is 0 Å². The minimum absolute atomic E-state index is 0.316. The van der Waals surface area contributed by atoms with Crippen LogP contribution < -0.4 is 27.0 Å². The Labute approximate surface area is 214 Å². The molecule has 0 spiro atoms. The van der Waals surface area contributed by atoms with Gasteiger partial charge in [0.15, 0.2) is 11.5 Å². The van der Waals surface area contributed by atoms with Gasteiger partial charge in [0.05, 0.1) is 33.9 Å². The maximum absolute atomic E-state index is 10.1. The fourth-order valence-electron chi connectivity index (χ4n) is 5.21. The molecule has 3 aromatic rings. The number of aromatic nitrogens is 4. The average Bonchev–Trinajstić information content (AvgIpc) is 3.35. The number of imidazole rings is 1. The molecule has 0 unspecified atom stereocenters. The van der Waals surface area contributed by atoms with Gasteiger partial charge in [-0.2, -0.15) is 4.98 Å². The number of anilines is 4. The number of benzene rings is 1. The van der Waals surface area contributed by atoms with Crippen molar-refractivity contribution in [1.82, 2.24) is 24.5 Å². The Balaban J connectivity index is 1.29. The van der Waals surface area contributed by atoms with Gasteiger partial charge in [0.25, 0.3) is 0 Å². The van der Waals surface area contributed by atoms with Gasteiger partial charge in [-0.25, -0.2) is 9.50 Å². The Morgan fingerprint density at radius 1 is 1.19 bits per heavy atom. The summed E-state index contributed by atoms with van der Waals surface area (Å²) in [6.07, 6.45) is 4.99. The van der Waals surface area contributed by atoms with Crippen LogP contribution in [0.1, 0.15) is 37.4 Å². The lowest BCUT2D eigenvalue weighted by Crippen LogP contribution is -2.63. The molecule has 2 aliphatic heterocycles. The first-order chi connectivity index (χ1) is 17.3. The zero-order valence-corrected chi connectivity index (χ0v) is 21.2. The highest BCUT2D eigenvalue weighted by Gasteiger charge is 2.42. The van der Waals surface area contributed by atoms with E-state index >= 15 is 0 Å². The maximum Gasteiger partial charge on any atom is 0.247 e. The van der Waals surface area contributed by atoms with E-state index in [9.17, 15) is 5.11 Å². The number of fused-ring (bicyclic) bond motifs is 1. The Morgan fingerprint density at radius 2 is 2.00 bits per heavy atom. The van der Waals surface area contributed by atoms with Gasteiger partial charge in [-0.1, -0.05) is 11.6 Å². The standard InChI is InChI=1S/C24H33ClN10O/c1-24(36)12-34(13-24)16-4-5-33(11-16)19-7-14(8-26)6-18(20(19)25)30-23-31-21(29-15-2-3-15)22-28-10-17(9-27)35(22)32-23/h6-7,10,15-16,36H,2-5,8-9,11-13,26-27H2,1H3,(H2,29,30,31,32)/t16-/m1/s1. The van der Waals surface area contributed by atoms with Crippen LogP contribution in [-0.4, -0.2) is 73.5 Å². The highest BCUT2D eigenvalue weighted by Crippen LogP contribution is 2.39. The summed E-state index contributed by atoms with van der Waals surface area (Å²) in [4.78, 5) is 13.8. The molecule has 2 saturated heterocycles. The molecule has 6 rings (SSSR count). The molecule has 1 atom stereocenters.